The molecule has 2 N–H and O–H groups in total. The second kappa shape index (κ2) is 5.45. The van der Waals surface area contributed by atoms with Gasteiger partial charge in [-0.05, 0) is 19.1 Å². The Hall–Kier alpha value is -1.77. The molecule has 0 radical (unpaired) electrons. The van der Waals surface area contributed by atoms with Gasteiger partial charge in [-0.2, -0.15) is 0 Å². The lowest BCUT2D eigenvalue weighted by molar-refractivity contribution is -0.117. The molecule has 1 aliphatic rings. The summed E-state index contributed by atoms with van der Waals surface area (Å²) < 4.78 is 22.9. The van der Waals surface area contributed by atoms with Crippen LogP contribution in [0.1, 0.15) is 11.4 Å². The highest BCUT2D eigenvalue weighted by molar-refractivity contribution is 7.89. The van der Waals surface area contributed by atoms with Crippen LogP contribution in [-0.4, -0.2) is 31.1 Å². The van der Waals surface area contributed by atoms with Crippen LogP contribution in [0.25, 0.3) is 11.3 Å². The van der Waals surface area contributed by atoms with Gasteiger partial charge in [0.15, 0.2) is 0 Å². The standard InChI is InChI=1S/C14H15N3O3S2/c1-9-16-13(8-21-9)10-3-2-4-11(5-10)17-7-12(6-14(17)18)22(15,19)20/h2-5,8,12H,6-7H2,1H3,(H2,15,19,20). The Labute approximate surface area is 132 Å². The number of amides is 1. The first kappa shape index (κ1) is 15.1. The van der Waals surface area contributed by atoms with Crippen LogP contribution >= 0.6 is 11.3 Å². The van der Waals surface area contributed by atoms with E-state index in [1.54, 1.807) is 17.4 Å². The smallest absolute Gasteiger partial charge is 0.228 e. The molecule has 2 heterocycles. The molecule has 0 aliphatic carbocycles. The van der Waals surface area contributed by atoms with Crippen LogP contribution in [0.15, 0.2) is 29.6 Å². The molecule has 0 spiro atoms. The fourth-order valence-corrected chi connectivity index (χ4v) is 3.83. The quantitative estimate of drug-likeness (QED) is 0.919. The van der Waals surface area contributed by atoms with E-state index in [1.807, 2.05) is 30.5 Å². The van der Waals surface area contributed by atoms with Gasteiger partial charge in [0.2, 0.25) is 15.9 Å². The second-order valence-electron chi connectivity index (χ2n) is 5.22. The number of carbonyl (C=O) groups excluding carboxylic acids is 1. The molecule has 6 nitrogen and oxygen atoms in total. The molecule has 0 bridgehead atoms. The molecule has 1 aromatic heterocycles. The average Bonchev–Trinajstić information content (AvgIpc) is 3.05. The molecule has 116 valence electrons. The van der Waals surface area contributed by atoms with Crippen molar-refractivity contribution in [2.75, 3.05) is 11.4 Å². The molecule has 1 saturated heterocycles. The number of sulfonamides is 1. The van der Waals surface area contributed by atoms with Crippen LogP contribution in [0, 0.1) is 6.92 Å². The lowest BCUT2D eigenvalue weighted by Gasteiger charge is -2.17. The number of hydrogen-bond acceptors (Lipinski definition) is 5. The summed E-state index contributed by atoms with van der Waals surface area (Å²) in [6.45, 7) is 2.02. The van der Waals surface area contributed by atoms with Crippen molar-refractivity contribution in [3.63, 3.8) is 0 Å². The van der Waals surface area contributed by atoms with Crippen LogP contribution in [0.5, 0.6) is 0 Å². The van der Waals surface area contributed by atoms with Crippen LogP contribution in [-0.2, 0) is 14.8 Å². The fraction of sp³-hybridized carbons (Fsp3) is 0.286. The molecule has 3 rings (SSSR count). The van der Waals surface area contributed by atoms with Gasteiger partial charge >= 0.3 is 0 Å². The molecule has 22 heavy (non-hydrogen) atoms. The first-order valence-corrected chi connectivity index (χ1v) is 9.18. The van der Waals surface area contributed by atoms with Gasteiger partial charge < -0.3 is 4.90 Å². The van der Waals surface area contributed by atoms with Gasteiger partial charge in [0.1, 0.15) is 5.25 Å². The maximum Gasteiger partial charge on any atom is 0.228 e. The number of nitrogens with zero attached hydrogens (tertiary/aromatic N) is 2. The molecule has 1 aliphatic heterocycles. The third-order valence-electron chi connectivity index (χ3n) is 3.63. The van der Waals surface area contributed by atoms with Crippen LogP contribution < -0.4 is 10.0 Å². The number of aromatic nitrogens is 1. The summed E-state index contributed by atoms with van der Waals surface area (Å²) in [5, 5.41) is 7.23. The Balaban J connectivity index is 1.91. The van der Waals surface area contributed by atoms with Crippen molar-refractivity contribution in [3.05, 3.63) is 34.7 Å². The van der Waals surface area contributed by atoms with Gasteiger partial charge in [-0.3, -0.25) is 4.79 Å². The first-order chi connectivity index (χ1) is 10.3. The number of aryl methyl sites for hydroxylation is 1. The molecule has 1 fully saturated rings. The summed E-state index contributed by atoms with van der Waals surface area (Å²) in [5.41, 5.74) is 2.41. The highest BCUT2D eigenvalue weighted by atomic mass is 32.2. The third-order valence-corrected chi connectivity index (χ3v) is 5.65. The zero-order chi connectivity index (χ0) is 15.9. The highest BCUT2D eigenvalue weighted by Crippen LogP contribution is 2.29. The van der Waals surface area contributed by atoms with Gasteiger partial charge in [-0.1, -0.05) is 12.1 Å². The number of anilines is 1. The largest absolute Gasteiger partial charge is 0.311 e. The minimum atomic E-state index is -3.71. The maximum absolute atomic E-state index is 12.1. The van der Waals surface area contributed by atoms with Crippen molar-refractivity contribution in [1.82, 2.24) is 4.98 Å². The molecule has 1 amide bonds. The van der Waals surface area contributed by atoms with E-state index in [0.29, 0.717) is 5.69 Å². The summed E-state index contributed by atoms with van der Waals surface area (Å²) >= 11 is 1.55. The van der Waals surface area contributed by atoms with E-state index in [4.69, 9.17) is 5.14 Å². The summed E-state index contributed by atoms with van der Waals surface area (Å²) in [7, 11) is -3.71. The summed E-state index contributed by atoms with van der Waals surface area (Å²) in [5.74, 6) is -0.231. The van der Waals surface area contributed by atoms with Gasteiger partial charge in [0, 0.05) is 29.6 Å². The van der Waals surface area contributed by atoms with E-state index in [-0.39, 0.29) is 18.9 Å². The van der Waals surface area contributed by atoms with E-state index in [0.717, 1.165) is 16.3 Å². The lowest BCUT2D eigenvalue weighted by atomic mass is 10.1. The number of benzene rings is 1. The highest BCUT2D eigenvalue weighted by Gasteiger charge is 2.37. The topological polar surface area (TPSA) is 93.4 Å². The lowest BCUT2D eigenvalue weighted by Crippen LogP contribution is -2.32. The maximum atomic E-state index is 12.1. The Morgan fingerprint density at radius 3 is 2.77 bits per heavy atom. The first-order valence-electron chi connectivity index (χ1n) is 6.69. The van der Waals surface area contributed by atoms with Gasteiger partial charge in [0.25, 0.3) is 0 Å². The van der Waals surface area contributed by atoms with Crippen molar-refractivity contribution in [1.29, 1.82) is 0 Å². The van der Waals surface area contributed by atoms with Crippen molar-refractivity contribution in [2.24, 2.45) is 5.14 Å². The number of hydrogen-bond donors (Lipinski definition) is 1. The fourth-order valence-electron chi connectivity index (χ4n) is 2.47. The van der Waals surface area contributed by atoms with Crippen LogP contribution in [0.2, 0.25) is 0 Å². The number of thiazole rings is 1. The van der Waals surface area contributed by atoms with Crippen molar-refractivity contribution >= 4 is 33.0 Å². The van der Waals surface area contributed by atoms with Gasteiger partial charge in [-0.25, -0.2) is 18.5 Å². The van der Waals surface area contributed by atoms with Crippen molar-refractivity contribution in [2.45, 2.75) is 18.6 Å². The SMILES string of the molecule is Cc1nc(-c2cccc(N3CC(S(N)(=O)=O)CC3=O)c2)cs1. The molecule has 8 heteroatoms. The number of primary sulfonamides is 1. The van der Waals surface area contributed by atoms with Gasteiger partial charge in [0.05, 0.1) is 10.7 Å². The number of rotatable bonds is 3. The zero-order valence-corrected chi connectivity index (χ0v) is 13.5. The number of nitrogens with two attached hydrogens (primary N) is 1. The van der Waals surface area contributed by atoms with Crippen molar-refractivity contribution < 1.29 is 13.2 Å². The third kappa shape index (κ3) is 2.90. The van der Waals surface area contributed by atoms with E-state index in [9.17, 15) is 13.2 Å². The Morgan fingerprint density at radius 2 is 2.18 bits per heavy atom. The summed E-state index contributed by atoms with van der Waals surface area (Å²) in [6.07, 6.45) is -0.0706. The van der Waals surface area contributed by atoms with Gasteiger partial charge in [-0.15, -0.1) is 11.3 Å². The van der Waals surface area contributed by atoms with E-state index in [2.05, 4.69) is 4.98 Å². The molecular formula is C14H15N3O3S2. The molecule has 1 unspecified atom stereocenters. The molecule has 0 saturated carbocycles. The van der Waals surface area contributed by atoms with E-state index < -0.39 is 15.3 Å². The van der Waals surface area contributed by atoms with E-state index >= 15 is 0 Å². The summed E-state index contributed by atoms with van der Waals surface area (Å²) in [6, 6.07) is 7.37. The van der Waals surface area contributed by atoms with Crippen LogP contribution in [0.3, 0.4) is 0 Å². The molecular weight excluding hydrogens is 322 g/mol. The zero-order valence-electron chi connectivity index (χ0n) is 11.9. The number of carbonyl (C=O) groups is 1. The van der Waals surface area contributed by atoms with Crippen molar-refractivity contribution in [3.8, 4) is 11.3 Å². The normalized spacial score (nSPS) is 18.9. The predicted molar refractivity (Wildman–Crippen MR) is 86.2 cm³/mol. The minimum Gasteiger partial charge on any atom is -0.311 e. The Kier molecular flexibility index (Phi) is 3.75. The molecule has 1 aromatic carbocycles. The Bertz CT molecular complexity index is 829. The Morgan fingerprint density at radius 1 is 1.41 bits per heavy atom. The average molecular weight is 337 g/mol. The minimum absolute atomic E-state index is 0.0706. The monoisotopic (exact) mass is 337 g/mol. The molecule has 2 aromatic rings. The van der Waals surface area contributed by atoms with Crippen LogP contribution in [0.4, 0.5) is 5.69 Å². The second-order valence-corrected chi connectivity index (χ2v) is 8.13. The predicted octanol–water partition coefficient (Wildman–Crippen LogP) is 1.51. The summed E-state index contributed by atoms with van der Waals surface area (Å²) in [4.78, 5) is 18.0. The van der Waals surface area contributed by atoms with E-state index in [1.165, 1.54) is 4.90 Å². The molecule has 1 atom stereocenters.